The van der Waals surface area contributed by atoms with Crippen LogP contribution in [0.15, 0.2) is 24.3 Å². The van der Waals surface area contributed by atoms with Gasteiger partial charge in [-0.3, -0.25) is 4.79 Å². The summed E-state index contributed by atoms with van der Waals surface area (Å²) in [6, 6.07) is 7.47. The fourth-order valence-corrected chi connectivity index (χ4v) is 6.24. The number of nitrogens with zero attached hydrogens (tertiary/aromatic N) is 1. The van der Waals surface area contributed by atoms with Gasteiger partial charge in [0.2, 0.25) is 5.91 Å². The molecule has 1 aromatic rings. The predicted octanol–water partition coefficient (Wildman–Crippen LogP) is 4.42. The van der Waals surface area contributed by atoms with E-state index < -0.39 is 5.60 Å². The molecule has 2 aliphatic rings. The highest BCUT2D eigenvalue weighted by molar-refractivity contribution is 6.30. The molecule has 3 atom stereocenters. The van der Waals surface area contributed by atoms with Gasteiger partial charge in [-0.25, -0.2) is 4.79 Å². The van der Waals surface area contributed by atoms with Gasteiger partial charge in [-0.1, -0.05) is 55.8 Å². The van der Waals surface area contributed by atoms with Crippen molar-refractivity contribution in [1.29, 1.82) is 0 Å². The summed E-state index contributed by atoms with van der Waals surface area (Å²) in [5.41, 5.74) is -0.357. The molecule has 1 saturated carbocycles. The number of rotatable bonds is 11. The van der Waals surface area contributed by atoms with Crippen LogP contribution in [0.3, 0.4) is 0 Å². The van der Waals surface area contributed by atoms with E-state index in [2.05, 4.69) is 16.0 Å². The lowest BCUT2D eigenvalue weighted by Crippen LogP contribution is -2.54. The van der Waals surface area contributed by atoms with Gasteiger partial charge >= 0.3 is 6.03 Å². The highest BCUT2D eigenvalue weighted by Crippen LogP contribution is 2.40. The maximum Gasteiger partial charge on any atom is 0.317 e. The summed E-state index contributed by atoms with van der Waals surface area (Å²) in [6.45, 7) is 3.94. The fourth-order valence-electron chi connectivity index (χ4n) is 6.05. The molecule has 4 N–H and O–H groups in total. The molecule has 8 heteroatoms. The van der Waals surface area contributed by atoms with Gasteiger partial charge in [-0.2, -0.15) is 0 Å². The van der Waals surface area contributed by atoms with Crippen molar-refractivity contribution in [2.75, 3.05) is 33.2 Å². The molecule has 0 spiro atoms. The van der Waals surface area contributed by atoms with Crippen molar-refractivity contribution in [2.45, 2.75) is 82.8 Å². The largest absolute Gasteiger partial charge is 0.385 e. The summed E-state index contributed by atoms with van der Waals surface area (Å²) >= 11 is 6.29. The molecular weight excluding hydrogens is 476 g/mol. The van der Waals surface area contributed by atoms with Gasteiger partial charge in [0.1, 0.15) is 0 Å². The van der Waals surface area contributed by atoms with Gasteiger partial charge in [0.25, 0.3) is 0 Å². The molecule has 3 rings (SSSR count). The van der Waals surface area contributed by atoms with Gasteiger partial charge in [0, 0.05) is 50.1 Å². The Morgan fingerprint density at radius 3 is 2.67 bits per heavy atom. The van der Waals surface area contributed by atoms with E-state index in [0.717, 1.165) is 31.4 Å². The quantitative estimate of drug-likeness (QED) is 0.325. The van der Waals surface area contributed by atoms with Crippen molar-refractivity contribution in [3.8, 4) is 0 Å². The van der Waals surface area contributed by atoms with Crippen molar-refractivity contribution in [3.05, 3.63) is 34.9 Å². The number of halogens is 1. The number of piperidine rings is 1. The molecule has 1 aliphatic heterocycles. The minimum atomic E-state index is -1.13. The Bertz CT molecular complexity index is 848. The van der Waals surface area contributed by atoms with Crippen LogP contribution in [0.4, 0.5) is 4.79 Å². The summed E-state index contributed by atoms with van der Waals surface area (Å²) in [7, 11) is 1.93. The average molecular weight is 521 g/mol. The Morgan fingerprint density at radius 1 is 1.19 bits per heavy atom. The Hall–Kier alpha value is -1.83. The van der Waals surface area contributed by atoms with Crippen molar-refractivity contribution in [1.82, 2.24) is 20.9 Å². The van der Waals surface area contributed by atoms with Gasteiger partial charge in [0.15, 0.2) is 0 Å². The van der Waals surface area contributed by atoms with Crippen molar-refractivity contribution >= 4 is 23.5 Å². The van der Waals surface area contributed by atoms with E-state index >= 15 is 0 Å². The van der Waals surface area contributed by atoms with Crippen LogP contribution in [0, 0.1) is 11.8 Å². The number of carbonyl (C=O) groups is 2. The van der Waals surface area contributed by atoms with Crippen LogP contribution in [0.1, 0.15) is 76.7 Å². The minimum absolute atomic E-state index is 0.0394. The van der Waals surface area contributed by atoms with Gasteiger partial charge in [0.05, 0.1) is 5.60 Å². The first-order valence-electron chi connectivity index (χ1n) is 13.7. The van der Waals surface area contributed by atoms with Crippen LogP contribution >= 0.6 is 11.6 Å². The van der Waals surface area contributed by atoms with Crippen LogP contribution in [0.5, 0.6) is 0 Å². The third kappa shape index (κ3) is 8.35. The maximum atomic E-state index is 13.4. The monoisotopic (exact) mass is 520 g/mol. The summed E-state index contributed by atoms with van der Waals surface area (Å²) in [6.07, 6.45) is 10.2. The maximum absolute atomic E-state index is 13.4. The Kier molecular flexibility index (Phi) is 11.3. The standard InChI is InChI=1S/C28H45ClN4O3/c1-21(34)31-15-8-14-28(36,23-11-6-13-25(29)18-23)24-12-7-16-33(20-24)27(35)32-26(19-30-2)17-22-9-4-3-5-10-22/h6,11,13,18,22,24,26,30,36H,3-5,7-10,12,14-17,19-20H2,1-2H3,(H,31,34)(H,32,35). The van der Waals surface area contributed by atoms with Gasteiger partial charge in [-0.05, 0) is 62.8 Å². The first kappa shape index (κ1) is 28.7. The van der Waals surface area contributed by atoms with E-state index in [0.29, 0.717) is 43.4 Å². The topological polar surface area (TPSA) is 93.7 Å². The zero-order chi connectivity index (χ0) is 26.0. The normalized spacial score (nSPS) is 21.4. The van der Waals surface area contributed by atoms with E-state index in [1.165, 1.54) is 39.0 Å². The number of likely N-dealkylation sites (tertiary alicyclic amines) is 1. The zero-order valence-corrected chi connectivity index (χ0v) is 22.8. The number of likely N-dealkylation sites (N-methyl/N-ethyl adjacent to an activating group) is 1. The SMILES string of the molecule is CNCC(CC1CCCCC1)NC(=O)N1CCCC(C(O)(CCCNC(C)=O)c2cccc(Cl)c2)C1. The number of urea groups is 1. The van der Waals surface area contributed by atoms with Crippen molar-refractivity contribution in [3.63, 3.8) is 0 Å². The number of benzene rings is 1. The molecule has 0 radical (unpaired) electrons. The number of amides is 3. The van der Waals surface area contributed by atoms with Crippen LogP contribution in [-0.4, -0.2) is 61.2 Å². The second-order valence-electron chi connectivity index (χ2n) is 10.8. The molecule has 3 unspecified atom stereocenters. The molecule has 2 fully saturated rings. The van der Waals surface area contributed by atoms with Gasteiger partial charge < -0.3 is 26.0 Å². The summed E-state index contributed by atoms with van der Waals surface area (Å²) in [5, 5.41) is 22.0. The number of hydrogen-bond acceptors (Lipinski definition) is 4. The fraction of sp³-hybridized carbons (Fsp3) is 0.714. The second-order valence-corrected chi connectivity index (χ2v) is 11.2. The molecule has 1 aromatic carbocycles. The molecule has 36 heavy (non-hydrogen) atoms. The predicted molar refractivity (Wildman–Crippen MR) is 145 cm³/mol. The van der Waals surface area contributed by atoms with E-state index in [1.807, 2.05) is 30.1 Å². The molecule has 1 aliphatic carbocycles. The minimum Gasteiger partial charge on any atom is -0.385 e. The van der Waals surface area contributed by atoms with Gasteiger partial charge in [-0.15, -0.1) is 0 Å². The highest BCUT2D eigenvalue weighted by atomic mass is 35.5. The summed E-state index contributed by atoms with van der Waals surface area (Å²) in [4.78, 5) is 26.6. The van der Waals surface area contributed by atoms with Crippen LogP contribution in [0.25, 0.3) is 0 Å². The summed E-state index contributed by atoms with van der Waals surface area (Å²) in [5.74, 6) is 0.489. The molecule has 7 nitrogen and oxygen atoms in total. The Balaban J connectivity index is 1.68. The van der Waals surface area contributed by atoms with Crippen LogP contribution < -0.4 is 16.0 Å². The van der Waals surface area contributed by atoms with Crippen LogP contribution in [-0.2, 0) is 10.4 Å². The molecule has 1 heterocycles. The van der Waals surface area contributed by atoms with E-state index in [9.17, 15) is 14.7 Å². The number of nitrogens with one attached hydrogen (secondary N) is 3. The summed E-state index contributed by atoms with van der Waals surface area (Å²) < 4.78 is 0. The zero-order valence-electron chi connectivity index (χ0n) is 22.0. The first-order chi connectivity index (χ1) is 17.3. The molecule has 0 bridgehead atoms. The lowest BCUT2D eigenvalue weighted by molar-refractivity contribution is -0.119. The number of hydrogen-bond donors (Lipinski definition) is 4. The second kappa shape index (κ2) is 14.2. The molecule has 202 valence electrons. The molecular formula is C28H45ClN4O3. The van der Waals surface area contributed by atoms with Crippen molar-refractivity contribution < 1.29 is 14.7 Å². The smallest absolute Gasteiger partial charge is 0.317 e. The number of aliphatic hydroxyl groups is 1. The molecule has 0 aromatic heterocycles. The van der Waals surface area contributed by atoms with Crippen molar-refractivity contribution in [2.24, 2.45) is 11.8 Å². The van der Waals surface area contributed by atoms with Crippen LogP contribution in [0.2, 0.25) is 5.02 Å². The van der Waals surface area contributed by atoms with E-state index in [-0.39, 0.29) is 23.9 Å². The Labute approximate surface area is 221 Å². The number of carbonyl (C=O) groups excluding carboxylic acids is 2. The molecule has 3 amide bonds. The lowest BCUT2D eigenvalue weighted by atomic mass is 9.74. The van der Waals surface area contributed by atoms with E-state index in [1.54, 1.807) is 6.07 Å². The lowest BCUT2D eigenvalue weighted by Gasteiger charge is -2.43. The average Bonchev–Trinajstić information content (AvgIpc) is 2.87. The van der Waals surface area contributed by atoms with E-state index in [4.69, 9.17) is 11.6 Å². The molecule has 1 saturated heterocycles. The third-order valence-electron chi connectivity index (χ3n) is 7.94. The Morgan fingerprint density at radius 2 is 1.97 bits per heavy atom. The third-order valence-corrected chi connectivity index (χ3v) is 8.17. The highest BCUT2D eigenvalue weighted by Gasteiger charge is 2.41. The first-order valence-corrected chi connectivity index (χ1v) is 14.1.